The lowest BCUT2D eigenvalue weighted by Crippen LogP contribution is -2.25. The summed E-state index contributed by atoms with van der Waals surface area (Å²) in [6.45, 7) is 3.70. The number of nitrogens with one attached hydrogen (secondary N) is 2. The van der Waals surface area contributed by atoms with Crippen LogP contribution in [-0.2, 0) is 21.4 Å². The highest BCUT2D eigenvalue weighted by Gasteiger charge is 2.27. The lowest BCUT2D eigenvalue weighted by Gasteiger charge is -2.07. The topological polar surface area (TPSA) is 75.3 Å². The average molecular weight is 280 g/mol. The van der Waals surface area contributed by atoms with Gasteiger partial charge in [0.1, 0.15) is 0 Å². The molecule has 1 aliphatic rings. The maximum absolute atomic E-state index is 11.9. The van der Waals surface area contributed by atoms with Gasteiger partial charge >= 0.3 is 0 Å². The Kier molecular flexibility index (Phi) is 4.01. The zero-order valence-electron chi connectivity index (χ0n) is 10.4. The Labute approximate surface area is 112 Å². The van der Waals surface area contributed by atoms with Crippen LogP contribution in [0.4, 0.5) is 0 Å². The molecule has 1 aromatic carbocycles. The van der Waals surface area contributed by atoms with Crippen LogP contribution in [0.1, 0.15) is 18.4 Å². The minimum atomic E-state index is -3.40. The molecule has 5 nitrogen and oxygen atoms in total. The van der Waals surface area contributed by atoms with Crippen LogP contribution in [0.25, 0.3) is 0 Å². The van der Waals surface area contributed by atoms with Crippen LogP contribution in [-0.4, -0.2) is 20.4 Å². The molecule has 6 heteroatoms. The molecule has 1 aliphatic carbocycles. The van der Waals surface area contributed by atoms with Gasteiger partial charge in [-0.25, -0.2) is 13.1 Å². The molecule has 0 bridgehead atoms. The summed E-state index contributed by atoms with van der Waals surface area (Å²) < 4.78 is 26.4. The van der Waals surface area contributed by atoms with Gasteiger partial charge in [0.15, 0.2) is 0 Å². The third kappa shape index (κ3) is 3.90. The van der Waals surface area contributed by atoms with Gasteiger partial charge in [0.2, 0.25) is 15.9 Å². The van der Waals surface area contributed by atoms with Crippen LogP contribution >= 0.6 is 0 Å². The van der Waals surface area contributed by atoms with Crippen LogP contribution in [0, 0.1) is 0 Å². The van der Waals surface area contributed by atoms with Crippen molar-refractivity contribution in [3.8, 4) is 0 Å². The van der Waals surface area contributed by atoms with Crippen molar-refractivity contribution in [2.75, 3.05) is 0 Å². The van der Waals surface area contributed by atoms with E-state index in [0.29, 0.717) is 6.54 Å². The molecule has 2 rings (SSSR count). The number of rotatable bonds is 6. The van der Waals surface area contributed by atoms with Crippen LogP contribution in [0.3, 0.4) is 0 Å². The fourth-order valence-electron chi connectivity index (χ4n) is 1.54. The molecule has 0 saturated heterocycles. The minimum Gasteiger partial charge on any atom is -0.348 e. The van der Waals surface area contributed by atoms with Crippen LogP contribution < -0.4 is 10.0 Å². The van der Waals surface area contributed by atoms with Crippen molar-refractivity contribution in [1.29, 1.82) is 0 Å². The van der Waals surface area contributed by atoms with Gasteiger partial charge in [0.05, 0.1) is 4.90 Å². The van der Waals surface area contributed by atoms with Gasteiger partial charge in [-0.15, -0.1) is 0 Å². The molecule has 102 valence electrons. The molecule has 0 spiro atoms. The van der Waals surface area contributed by atoms with Gasteiger partial charge in [-0.05, 0) is 36.6 Å². The standard InChI is InChI=1S/C13H16N2O3S/c1-2-13(16)14-9-10-3-7-12(8-4-10)19(17,18)15-11-5-6-11/h2-4,7-8,11,15H,1,5-6,9H2,(H,14,16). The molecule has 1 fully saturated rings. The van der Waals surface area contributed by atoms with Crippen molar-refractivity contribution >= 4 is 15.9 Å². The molecular formula is C13H16N2O3S. The molecule has 0 aromatic heterocycles. The second kappa shape index (κ2) is 5.54. The van der Waals surface area contributed by atoms with Crippen LogP contribution in [0.5, 0.6) is 0 Å². The summed E-state index contributed by atoms with van der Waals surface area (Å²) in [7, 11) is -3.40. The first kappa shape index (κ1) is 13.8. The monoisotopic (exact) mass is 280 g/mol. The summed E-state index contributed by atoms with van der Waals surface area (Å²) in [6, 6.07) is 6.55. The van der Waals surface area contributed by atoms with E-state index in [1.807, 2.05) is 0 Å². The van der Waals surface area contributed by atoms with Crippen molar-refractivity contribution in [2.24, 2.45) is 0 Å². The zero-order chi connectivity index (χ0) is 13.9. The van der Waals surface area contributed by atoms with Crippen LogP contribution in [0.15, 0.2) is 41.8 Å². The number of carbonyl (C=O) groups is 1. The van der Waals surface area contributed by atoms with Crippen molar-refractivity contribution in [1.82, 2.24) is 10.0 Å². The second-order valence-electron chi connectivity index (χ2n) is 4.46. The average Bonchev–Trinajstić information content (AvgIpc) is 3.19. The molecule has 1 aromatic rings. The number of amides is 1. The Morgan fingerprint density at radius 2 is 1.95 bits per heavy atom. The van der Waals surface area contributed by atoms with E-state index in [-0.39, 0.29) is 16.8 Å². The van der Waals surface area contributed by atoms with E-state index < -0.39 is 10.0 Å². The van der Waals surface area contributed by atoms with Gasteiger partial charge in [0, 0.05) is 12.6 Å². The normalized spacial score (nSPS) is 14.9. The molecule has 0 unspecified atom stereocenters. The maximum Gasteiger partial charge on any atom is 0.243 e. The molecule has 0 heterocycles. The predicted octanol–water partition coefficient (Wildman–Crippen LogP) is 0.929. The van der Waals surface area contributed by atoms with Crippen molar-refractivity contribution < 1.29 is 13.2 Å². The third-order valence-electron chi connectivity index (χ3n) is 2.78. The summed E-state index contributed by atoms with van der Waals surface area (Å²) in [5, 5.41) is 2.63. The Balaban J connectivity index is 2.01. The van der Waals surface area contributed by atoms with E-state index in [2.05, 4.69) is 16.6 Å². The Hall–Kier alpha value is -1.66. The molecular weight excluding hydrogens is 264 g/mol. The number of hydrogen-bond acceptors (Lipinski definition) is 3. The zero-order valence-corrected chi connectivity index (χ0v) is 11.2. The van der Waals surface area contributed by atoms with E-state index in [0.717, 1.165) is 18.4 Å². The fraction of sp³-hybridized carbons (Fsp3) is 0.308. The van der Waals surface area contributed by atoms with Crippen molar-refractivity contribution in [3.63, 3.8) is 0 Å². The second-order valence-corrected chi connectivity index (χ2v) is 6.18. The lowest BCUT2D eigenvalue weighted by molar-refractivity contribution is -0.116. The van der Waals surface area contributed by atoms with E-state index in [9.17, 15) is 13.2 Å². The fourth-order valence-corrected chi connectivity index (χ4v) is 2.84. The van der Waals surface area contributed by atoms with E-state index in [1.54, 1.807) is 24.3 Å². The number of benzene rings is 1. The van der Waals surface area contributed by atoms with E-state index >= 15 is 0 Å². The van der Waals surface area contributed by atoms with E-state index in [4.69, 9.17) is 0 Å². The van der Waals surface area contributed by atoms with Gasteiger partial charge in [-0.2, -0.15) is 0 Å². The van der Waals surface area contributed by atoms with Gasteiger partial charge in [0.25, 0.3) is 0 Å². The third-order valence-corrected chi connectivity index (χ3v) is 4.32. The van der Waals surface area contributed by atoms with Gasteiger partial charge in [-0.1, -0.05) is 18.7 Å². The first-order valence-corrected chi connectivity index (χ1v) is 7.51. The van der Waals surface area contributed by atoms with E-state index in [1.165, 1.54) is 6.08 Å². The number of sulfonamides is 1. The Morgan fingerprint density at radius 1 is 1.32 bits per heavy atom. The number of carbonyl (C=O) groups excluding carboxylic acids is 1. The SMILES string of the molecule is C=CC(=O)NCc1ccc(S(=O)(=O)NC2CC2)cc1. The molecule has 0 aliphatic heterocycles. The molecule has 0 atom stereocenters. The molecule has 19 heavy (non-hydrogen) atoms. The van der Waals surface area contributed by atoms with Gasteiger partial charge < -0.3 is 5.32 Å². The van der Waals surface area contributed by atoms with Gasteiger partial charge in [-0.3, -0.25) is 4.79 Å². The quantitative estimate of drug-likeness (QED) is 0.761. The molecule has 1 amide bonds. The molecule has 0 radical (unpaired) electrons. The summed E-state index contributed by atoms with van der Waals surface area (Å²) in [4.78, 5) is 11.3. The van der Waals surface area contributed by atoms with Crippen LogP contribution in [0.2, 0.25) is 0 Å². The van der Waals surface area contributed by atoms with Crippen molar-refractivity contribution in [3.05, 3.63) is 42.5 Å². The number of hydrogen-bond donors (Lipinski definition) is 2. The summed E-state index contributed by atoms with van der Waals surface area (Å²) in [5.74, 6) is -0.257. The largest absolute Gasteiger partial charge is 0.348 e. The van der Waals surface area contributed by atoms with Crippen molar-refractivity contribution in [2.45, 2.75) is 30.3 Å². The Bertz CT molecular complexity index is 574. The first-order chi connectivity index (χ1) is 9.01. The summed E-state index contributed by atoms with van der Waals surface area (Å²) in [5.41, 5.74) is 0.834. The Morgan fingerprint density at radius 3 is 2.47 bits per heavy atom. The maximum atomic E-state index is 11.9. The molecule has 2 N–H and O–H groups in total. The summed E-state index contributed by atoms with van der Waals surface area (Å²) in [6.07, 6.45) is 3.01. The predicted molar refractivity (Wildman–Crippen MR) is 71.8 cm³/mol. The highest BCUT2D eigenvalue weighted by Crippen LogP contribution is 2.22. The molecule has 1 saturated carbocycles. The minimum absolute atomic E-state index is 0.0940. The smallest absolute Gasteiger partial charge is 0.243 e. The highest BCUT2D eigenvalue weighted by molar-refractivity contribution is 7.89. The lowest BCUT2D eigenvalue weighted by atomic mass is 10.2. The first-order valence-electron chi connectivity index (χ1n) is 6.03. The highest BCUT2D eigenvalue weighted by atomic mass is 32.2. The summed E-state index contributed by atoms with van der Waals surface area (Å²) >= 11 is 0.